The molecule has 0 unspecified atom stereocenters. The maximum absolute atomic E-state index is 13.1. The van der Waals surface area contributed by atoms with Crippen LogP contribution in [0.5, 0.6) is 0 Å². The Morgan fingerprint density at radius 2 is 2.00 bits per heavy atom. The van der Waals surface area contributed by atoms with Crippen LogP contribution in [0.2, 0.25) is 0 Å². The Balaban J connectivity index is 1.86. The lowest BCUT2D eigenvalue weighted by molar-refractivity contribution is 0.323. The minimum Gasteiger partial charge on any atom is -0.330 e. The number of imidazole rings is 1. The highest BCUT2D eigenvalue weighted by Gasteiger charge is 2.12. The highest BCUT2D eigenvalue weighted by Crippen LogP contribution is 2.16. The summed E-state index contributed by atoms with van der Waals surface area (Å²) in [6.45, 7) is 4.25. The van der Waals surface area contributed by atoms with Gasteiger partial charge in [-0.3, -0.25) is 0 Å². The van der Waals surface area contributed by atoms with Crippen LogP contribution in [0.4, 0.5) is 4.39 Å². The van der Waals surface area contributed by atoms with Gasteiger partial charge < -0.3 is 14.5 Å². The highest BCUT2D eigenvalue weighted by molar-refractivity contribution is 7.71. The second-order valence-electron chi connectivity index (χ2n) is 4.79. The molecule has 1 fully saturated rings. The monoisotopic (exact) mass is 265 g/mol. The molecule has 1 aliphatic heterocycles. The zero-order chi connectivity index (χ0) is 12.5. The van der Waals surface area contributed by atoms with Gasteiger partial charge in [-0.25, -0.2) is 4.39 Å². The molecule has 1 aromatic heterocycles. The van der Waals surface area contributed by atoms with Crippen molar-refractivity contribution in [3.8, 4) is 0 Å². The fourth-order valence-electron chi connectivity index (χ4n) is 2.61. The summed E-state index contributed by atoms with van der Waals surface area (Å²) in [5.41, 5.74) is 1.77. The zero-order valence-electron chi connectivity index (χ0n) is 10.2. The lowest BCUT2D eigenvalue weighted by atomic mass is 10.3. The highest BCUT2D eigenvalue weighted by atomic mass is 32.1. The van der Waals surface area contributed by atoms with Gasteiger partial charge in [-0.2, -0.15) is 0 Å². The van der Waals surface area contributed by atoms with E-state index in [1.165, 1.54) is 38.1 Å². The number of benzene rings is 1. The first-order valence-electron chi connectivity index (χ1n) is 6.34. The number of nitrogens with zero attached hydrogens (tertiary/aromatic N) is 2. The van der Waals surface area contributed by atoms with Gasteiger partial charge in [-0.05, 0) is 56.3 Å². The first-order chi connectivity index (χ1) is 8.74. The SMILES string of the molecule is Fc1ccc2c(c1)[nH]c(=S)n2CCN1CCCC1. The Hall–Kier alpha value is -1.20. The van der Waals surface area contributed by atoms with Crippen molar-refractivity contribution in [2.75, 3.05) is 19.6 Å². The van der Waals surface area contributed by atoms with E-state index >= 15 is 0 Å². The molecule has 2 heterocycles. The average Bonchev–Trinajstić information content (AvgIpc) is 2.93. The number of aromatic nitrogens is 2. The largest absolute Gasteiger partial charge is 0.330 e. The molecule has 0 radical (unpaired) electrons. The molecule has 1 saturated heterocycles. The second kappa shape index (κ2) is 4.82. The fourth-order valence-corrected chi connectivity index (χ4v) is 2.91. The van der Waals surface area contributed by atoms with Crippen LogP contribution in [0.3, 0.4) is 0 Å². The van der Waals surface area contributed by atoms with Crippen LogP contribution in [0, 0.1) is 10.6 Å². The predicted molar refractivity (Wildman–Crippen MR) is 72.8 cm³/mol. The number of aromatic amines is 1. The van der Waals surface area contributed by atoms with Crippen molar-refractivity contribution in [2.24, 2.45) is 0 Å². The summed E-state index contributed by atoms with van der Waals surface area (Å²) < 4.78 is 15.9. The maximum Gasteiger partial charge on any atom is 0.178 e. The zero-order valence-corrected chi connectivity index (χ0v) is 11.0. The van der Waals surface area contributed by atoms with Gasteiger partial charge in [0.05, 0.1) is 11.0 Å². The molecule has 96 valence electrons. The van der Waals surface area contributed by atoms with Gasteiger partial charge in [0.2, 0.25) is 0 Å². The van der Waals surface area contributed by atoms with Crippen molar-refractivity contribution >= 4 is 23.3 Å². The van der Waals surface area contributed by atoms with E-state index in [2.05, 4.69) is 14.5 Å². The second-order valence-corrected chi connectivity index (χ2v) is 5.18. The van der Waals surface area contributed by atoms with Gasteiger partial charge in [0, 0.05) is 13.1 Å². The van der Waals surface area contributed by atoms with Gasteiger partial charge in [-0.1, -0.05) is 0 Å². The third kappa shape index (κ3) is 2.20. The van der Waals surface area contributed by atoms with Gasteiger partial charge in [0.1, 0.15) is 5.82 Å². The third-order valence-electron chi connectivity index (χ3n) is 3.57. The summed E-state index contributed by atoms with van der Waals surface area (Å²) in [5.74, 6) is -0.231. The quantitative estimate of drug-likeness (QED) is 0.863. The fraction of sp³-hybridized carbons (Fsp3) is 0.462. The van der Waals surface area contributed by atoms with Crippen LogP contribution in [0.25, 0.3) is 11.0 Å². The molecule has 1 aliphatic rings. The molecule has 3 nitrogen and oxygen atoms in total. The van der Waals surface area contributed by atoms with E-state index in [0.717, 1.165) is 24.1 Å². The van der Waals surface area contributed by atoms with E-state index in [-0.39, 0.29) is 5.82 Å². The number of likely N-dealkylation sites (tertiary alicyclic amines) is 1. The van der Waals surface area contributed by atoms with E-state index < -0.39 is 0 Å². The number of halogens is 1. The lowest BCUT2D eigenvalue weighted by Gasteiger charge is -2.14. The molecule has 0 atom stereocenters. The minimum atomic E-state index is -0.231. The predicted octanol–water partition coefficient (Wildman–Crippen LogP) is 2.93. The maximum atomic E-state index is 13.1. The summed E-state index contributed by atoms with van der Waals surface area (Å²) in [7, 11) is 0. The number of fused-ring (bicyclic) bond motifs is 1. The first kappa shape index (κ1) is 11.9. The Morgan fingerprint density at radius 1 is 1.22 bits per heavy atom. The summed E-state index contributed by atoms with van der Waals surface area (Å²) in [6.07, 6.45) is 2.59. The van der Waals surface area contributed by atoms with E-state index in [1.54, 1.807) is 6.07 Å². The third-order valence-corrected chi connectivity index (χ3v) is 3.90. The standard InChI is InChI=1S/C13H16FN3S/c14-10-3-4-12-11(9-10)15-13(18)17(12)8-7-16-5-1-2-6-16/h3-4,9H,1-2,5-8H2,(H,15,18). The van der Waals surface area contributed by atoms with Gasteiger partial charge >= 0.3 is 0 Å². The Morgan fingerprint density at radius 3 is 2.78 bits per heavy atom. The Kier molecular flexibility index (Phi) is 3.18. The molecule has 0 aliphatic carbocycles. The van der Waals surface area contributed by atoms with Crippen LogP contribution in [-0.2, 0) is 6.54 Å². The molecule has 1 aromatic carbocycles. The van der Waals surface area contributed by atoms with Crippen molar-refractivity contribution in [3.63, 3.8) is 0 Å². The van der Waals surface area contributed by atoms with Crippen LogP contribution in [-0.4, -0.2) is 34.1 Å². The van der Waals surface area contributed by atoms with E-state index in [4.69, 9.17) is 12.2 Å². The van der Waals surface area contributed by atoms with Gasteiger partial charge in [0.25, 0.3) is 0 Å². The molecule has 18 heavy (non-hydrogen) atoms. The molecule has 2 aromatic rings. The molecule has 0 saturated carbocycles. The molecule has 1 N–H and O–H groups in total. The molecule has 0 bridgehead atoms. The van der Waals surface area contributed by atoms with Gasteiger partial charge in [0.15, 0.2) is 4.77 Å². The summed E-state index contributed by atoms with van der Waals surface area (Å²) in [4.78, 5) is 5.51. The van der Waals surface area contributed by atoms with Crippen molar-refractivity contribution < 1.29 is 4.39 Å². The van der Waals surface area contributed by atoms with Gasteiger partial charge in [-0.15, -0.1) is 0 Å². The summed E-state index contributed by atoms with van der Waals surface area (Å²) in [5, 5.41) is 0. The normalized spacial score (nSPS) is 16.7. The van der Waals surface area contributed by atoms with Crippen molar-refractivity contribution in [3.05, 3.63) is 28.8 Å². The first-order valence-corrected chi connectivity index (χ1v) is 6.75. The van der Waals surface area contributed by atoms with Crippen molar-refractivity contribution in [1.29, 1.82) is 0 Å². The van der Waals surface area contributed by atoms with Crippen molar-refractivity contribution in [2.45, 2.75) is 19.4 Å². The molecule has 0 amide bonds. The smallest absolute Gasteiger partial charge is 0.178 e. The summed E-state index contributed by atoms with van der Waals surface area (Å²) in [6, 6.07) is 4.77. The molecule has 0 spiro atoms. The number of nitrogens with one attached hydrogen (secondary N) is 1. The topological polar surface area (TPSA) is 24.0 Å². The number of hydrogen-bond donors (Lipinski definition) is 1. The van der Waals surface area contributed by atoms with Crippen molar-refractivity contribution in [1.82, 2.24) is 14.5 Å². The van der Waals surface area contributed by atoms with E-state index in [1.807, 2.05) is 0 Å². The number of rotatable bonds is 3. The van der Waals surface area contributed by atoms with E-state index in [0.29, 0.717) is 4.77 Å². The Labute approximate surface area is 110 Å². The van der Waals surface area contributed by atoms with Crippen LogP contribution >= 0.6 is 12.2 Å². The molecular formula is C13H16FN3S. The molecular weight excluding hydrogens is 249 g/mol. The average molecular weight is 265 g/mol. The molecule has 3 rings (SSSR count). The van der Waals surface area contributed by atoms with Crippen LogP contribution in [0.1, 0.15) is 12.8 Å². The van der Waals surface area contributed by atoms with Crippen LogP contribution < -0.4 is 0 Å². The number of H-pyrrole nitrogens is 1. The molecule has 5 heteroatoms. The lowest BCUT2D eigenvalue weighted by Crippen LogP contribution is -2.24. The number of hydrogen-bond acceptors (Lipinski definition) is 2. The minimum absolute atomic E-state index is 0.231. The Bertz CT molecular complexity index is 610. The van der Waals surface area contributed by atoms with E-state index in [9.17, 15) is 4.39 Å². The van der Waals surface area contributed by atoms with Crippen LogP contribution in [0.15, 0.2) is 18.2 Å². The summed E-state index contributed by atoms with van der Waals surface area (Å²) >= 11 is 5.30.